The van der Waals surface area contributed by atoms with Gasteiger partial charge in [0.25, 0.3) is 0 Å². The van der Waals surface area contributed by atoms with Gasteiger partial charge in [-0.2, -0.15) is 0 Å². The fourth-order valence-electron chi connectivity index (χ4n) is 4.74. The van der Waals surface area contributed by atoms with Gasteiger partial charge in [-0.15, -0.1) is 0 Å². The summed E-state index contributed by atoms with van der Waals surface area (Å²) in [6, 6.07) is 23.4. The number of hydrogen-bond donors (Lipinski definition) is 0. The lowest BCUT2D eigenvalue weighted by atomic mass is 9.77. The molecule has 0 saturated carbocycles. The Morgan fingerprint density at radius 1 is 0.667 bits per heavy atom. The molecule has 0 fully saturated rings. The number of fused-ring (bicyclic) bond motifs is 5. The molecule has 6 rings (SSSR count). The van der Waals surface area contributed by atoms with Gasteiger partial charge in [-0.1, -0.05) is 66.7 Å². The van der Waals surface area contributed by atoms with E-state index < -0.39 is 0 Å². The van der Waals surface area contributed by atoms with Crippen molar-refractivity contribution >= 4 is 17.7 Å². The van der Waals surface area contributed by atoms with E-state index in [4.69, 9.17) is 9.47 Å². The fraction of sp³-hybridized carbons (Fsp3) is 0.0714. The second-order valence-corrected chi connectivity index (χ2v) is 7.70. The Morgan fingerprint density at radius 2 is 1.40 bits per heavy atom. The summed E-state index contributed by atoms with van der Waals surface area (Å²) in [5.74, 6) is 1.99. The van der Waals surface area contributed by atoms with E-state index >= 15 is 0 Å². The molecule has 2 aliphatic heterocycles. The molecule has 0 bridgehead atoms. The van der Waals surface area contributed by atoms with Gasteiger partial charge in [-0.05, 0) is 58.5 Å². The largest absolute Gasteiger partial charge is 0.465 e. The average Bonchev–Trinajstić information content (AvgIpc) is 3.11. The number of ether oxygens (including phenoxy) is 2. The lowest BCUT2D eigenvalue weighted by Gasteiger charge is -2.28. The van der Waals surface area contributed by atoms with Gasteiger partial charge < -0.3 is 9.47 Å². The zero-order valence-corrected chi connectivity index (χ0v) is 16.4. The molecule has 3 aromatic carbocycles. The highest BCUT2D eigenvalue weighted by molar-refractivity contribution is 5.88. The van der Waals surface area contributed by atoms with Crippen molar-refractivity contribution < 1.29 is 9.47 Å². The predicted molar refractivity (Wildman–Crippen MR) is 122 cm³/mol. The molecule has 0 amide bonds. The first-order valence-electron chi connectivity index (χ1n) is 10.3. The molecule has 144 valence electrons. The second-order valence-electron chi connectivity index (χ2n) is 7.70. The molecule has 3 aliphatic rings. The average molecular weight is 388 g/mol. The lowest BCUT2D eigenvalue weighted by Crippen LogP contribution is -2.10. The van der Waals surface area contributed by atoms with Crippen molar-refractivity contribution in [2.45, 2.75) is 12.3 Å². The first-order valence-corrected chi connectivity index (χ1v) is 10.3. The minimum absolute atomic E-state index is 0.177. The molecule has 0 spiro atoms. The standard InChI is InChI=1S/C28H20O2/c1-3-9-21-19(7-1)15-17-29-25-13-5-11-23(27(21)25)24-12-6-14-26-28(24)22-10-4-2-8-20(22)16-18-30-26/h1-11,13-18,24H,12H2. The van der Waals surface area contributed by atoms with E-state index in [1.165, 1.54) is 39.0 Å². The van der Waals surface area contributed by atoms with Crippen LogP contribution in [0.25, 0.3) is 28.9 Å². The maximum atomic E-state index is 6.05. The third-order valence-electron chi connectivity index (χ3n) is 6.06. The van der Waals surface area contributed by atoms with Crippen LogP contribution in [0.2, 0.25) is 0 Å². The van der Waals surface area contributed by atoms with Crippen LogP contribution in [-0.4, -0.2) is 0 Å². The highest BCUT2D eigenvalue weighted by atomic mass is 16.5. The van der Waals surface area contributed by atoms with Crippen LogP contribution in [0.5, 0.6) is 5.75 Å². The molecule has 30 heavy (non-hydrogen) atoms. The van der Waals surface area contributed by atoms with E-state index in [9.17, 15) is 0 Å². The van der Waals surface area contributed by atoms with E-state index in [-0.39, 0.29) is 5.92 Å². The van der Waals surface area contributed by atoms with Crippen LogP contribution in [0.3, 0.4) is 0 Å². The molecule has 1 atom stereocenters. The number of hydrogen-bond acceptors (Lipinski definition) is 2. The minimum atomic E-state index is 0.177. The Hall–Kier alpha value is -3.78. The summed E-state index contributed by atoms with van der Waals surface area (Å²) in [6.07, 6.45) is 12.9. The van der Waals surface area contributed by atoms with Gasteiger partial charge in [0.2, 0.25) is 0 Å². The van der Waals surface area contributed by atoms with Crippen molar-refractivity contribution in [2.24, 2.45) is 0 Å². The summed E-state index contributed by atoms with van der Waals surface area (Å²) < 4.78 is 12.1. The van der Waals surface area contributed by atoms with Crippen molar-refractivity contribution in [3.05, 3.63) is 119 Å². The third-order valence-corrected chi connectivity index (χ3v) is 6.06. The molecule has 1 unspecified atom stereocenters. The van der Waals surface area contributed by atoms with Gasteiger partial charge in [0.05, 0.1) is 12.5 Å². The molecule has 2 heteroatoms. The molecule has 2 nitrogen and oxygen atoms in total. The van der Waals surface area contributed by atoms with Crippen LogP contribution >= 0.6 is 0 Å². The molecule has 3 aromatic rings. The van der Waals surface area contributed by atoms with Crippen molar-refractivity contribution in [1.29, 1.82) is 0 Å². The normalized spacial score (nSPS) is 18.2. The van der Waals surface area contributed by atoms with E-state index in [0.717, 1.165) is 17.9 Å². The summed E-state index contributed by atoms with van der Waals surface area (Å²) in [7, 11) is 0. The summed E-state index contributed by atoms with van der Waals surface area (Å²) in [5, 5.41) is 0. The van der Waals surface area contributed by atoms with Gasteiger partial charge in [0.15, 0.2) is 0 Å². The Bertz CT molecular complexity index is 1270. The molecule has 0 N–H and O–H groups in total. The number of benzene rings is 3. The quantitative estimate of drug-likeness (QED) is 0.440. The first-order chi connectivity index (χ1) is 14.9. The van der Waals surface area contributed by atoms with Crippen LogP contribution in [0, 0.1) is 0 Å². The molecule has 2 heterocycles. The topological polar surface area (TPSA) is 18.5 Å². The molecule has 0 saturated heterocycles. The number of rotatable bonds is 1. The van der Waals surface area contributed by atoms with Gasteiger partial charge in [-0.25, -0.2) is 0 Å². The van der Waals surface area contributed by atoms with Gasteiger partial charge in [0.1, 0.15) is 11.5 Å². The zero-order chi connectivity index (χ0) is 19.9. The fourth-order valence-corrected chi connectivity index (χ4v) is 4.74. The molecule has 0 aromatic heterocycles. The minimum Gasteiger partial charge on any atom is -0.465 e. The third kappa shape index (κ3) is 2.65. The Morgan fingerprint density at radius 3 is 2.27 bits per heavy atom. The summed E-state index contributed by atoms with van der Waals surface area (Å²) in [5.41, 5.74) is 8.46. The van der Waals surface area contributed by atoms with E-state index in [2.05, 4.69) is 78.9 Å². The summed E-state index contributed by atoms with van der Waals surface area (Å²) >= 11 is 0. The first kappa shape index (κ1) is 17.1. The van der Waals surface area contributed by atoms with Crippen LogP contribution in [0.1, 0.15) is 34.6 Å². The monoisotopic (exact) mass is 388 g/mol. The van der Waals surface area contributed by atoms with Crippen LogP contribution in [0.4, 0.5) is 0 Å². The highest BCUT2D eigenvalue weighted by Crippen LogP contribution is 2.49. The van der Waals surface area contributed by atoms with Crippen LogP contribution < -0.4 is 4.74 Å². The van der Waals surface area contributed by atoms with E-state index in [1.54, 1.807) is 12.5 Å². The van der Waals surface area contributed by atoms with Crippen molar-refractivity contribution in [2.75, 3.05) is 0 Å². The highest BCUT2D eigenvalue weighted by Gasteiger charge is 2.30. The maximum absolute atomic E-state index is 6.05. The van der Waals surface area contributed by atoms with Gasteiger partial charge in [0, 0.05) is 17.1 Å². The summed E-state index contributed by atoms with van der Waals surface area (Å²) in [6.45, 7) is 0. The van der Waals surface area contributed by atoms with Gasteiger partial charge >= 0.3 is 0 Å². The van der Waals surface area contributed by atoms with Gasteiger partial charge in [-0.3, -0.25) is 0 Å². The maximum Gasteiger partial charge on any atom is 0.134 e. The Labute approximate surface area is 176 Å². The number of allylic oxidation sites excluding steroid dienone is 3. The van der Waals surface area contributed by atoms with E-state index in [0.29, 0.717) is 0 Å². The molecule has 0 radical (unpaired) electrons. The smallest absolute Gasteiger partial charge is 0.134 e. The predicted octanol–water partition coefficient (Wildman–Crippen LogP) is 7.17. The SMILES string of the molecule is C1=CC2=C(c3ccccc3C=CO2)C(c2cccc3c2-c2ccccc2C=CO3)C1. The molecular weight excluding hydrogens is 368 g/mol. The molecule has 1 aliphatic carbocycles. The van der Waals surface area contributed by atoms with Crippen molar-refractivity contribution in [1.82, 2.24) is 0 Å². The Kier molecular flexibility index (Phi) is 3.95. The van der Waals surface area contributed by atoms with E-state index in [1.807, 2.05) is 12.2 Å². The van der Waals surface area contributed by atoms with Crippen molar-refractivity contribution in [3.8, 4) is 16.9 Å². The van der Waals surface area contributed by atoms with Crippen LogP contribution in [-0.2, 0) is 4.74 Å². The Balaban J connectivity index is 1.60. The zero-order valence-electron chi connectivity index (χ0n) is 16.4. The van der Waals surface area contributed by atoms with Crippen LogP contribution in [0.15, 0.2) is 97.2 Å². The lowest BCUT2D eigenvalue weighted by molar-refractivity contribution is 0.370. The second kappa shape index (κ2) is 6.93. The molecular formula is C28H20O2. The summed E-state index contributed by atoms with van der Waals surface area (Å²) in [4.78, 5) is 0. The van der Waals surface area contributed by atoms with Crippen molar-refractivity contribution in [3.63, 3.8) is 0 Å².